The second-order valence-corrected chi connectivity index (χ2v) is 6.05. The Labute approximate surface area is 145 Å². The quantitative estimate of drug-likeness (QED) is 0.730. The first-order valence-electron chi connectivity index (χ1n) is 8.55. The van der Waals surface area contributed by atoms with Crippen LogP contribution in [0.3, 0.4) is 0 Å². The van der Waals surface area contributed by atoms with Crippen molar-refractivity contribution in [3.63, 3.8) is 0 Å². The van der Waals surface area contributed by atoms with E-state index in [0.29, 0.717) is 6.42 Å². The van der Waals surface area contributed by atoms with Crippen LogP contribution in [-0.2, 0) is 4.79 Å². The number of para-hydroxylation sites is 1. The van der Waals surface area contributed by atoms with Gasteiger partial charge in [0.1, 0.15) is 12.1 Å². The van der Waals surface area contributed by atoms with Gasteiger partial charge in [0.2, 0.25) is 5.91 Å². The number of carbonyl (C=O) groups is 1. The number of hydrogen-bond acceptors (Lipinski definition) is 5. The topological polar surface area (TPSA) is 67.2 Å². The number of fused-ring (bicyclic) bond motifs is 1. The molecule has 3 aromatic rings. The second-order valence-electron chi connectivity index (χ2n) is 6.05. The summed E-state index contributed by atoms with van der Waals surface area (Å²) in [6.07, 6.45) is 3.96. The highest BCUT2D eigenvalue weighted by molar-refractivity contribution is 5.87. The van der Waals surface area contributed by atoms with Crippen molar-refractivity contribution in [3.8, 4) is 5.69 Å². The molecule has 0 bridgehead atoms. The van der Waals surface area contributed by atoms with Crippen LogP contribution in [0.2, 0.25) is 0 Å². The van der Waals surface area contributed by atoms with Crippen molar-refractivity contribution >= 4 is 22.8 Å². The minimum atomic E-state index is 0.212. The molecule has 128 valence electrons. The van der Waals surface area contributed by atoms with Crippen LogP contribution >= 0.6 is 0 Å². The van der Waals surface area contributed by atoms with E-state index in [-0.39, 0.29) is 5.91 Å². The van der Waals surface area contributed by atoms with E-state index in [4.69, 9.17) is 0 Å². The number of aromatic nitrogens is 4. The van der Waals surface area contributed by atoms with E-state index in [1.807, 2.05) is 53.0 Å². The molecule has 0 radical (unpaired) electrons. The van der Waals surface area contributed by atoms with Gasteiger partial charge in [0, 0.05) is 32.6 Å². The second kappa shape index (κ2) is 6.51. The molecule has 0 unspecified atom stereocenters. The van der Waals surface area contributed by atoms with Crippen LogP contribution < -0.4 is 4.90 Å². The predicted octanol–water partition coefficient (Wildman–Crippen LogP) is 1.87. The zero-order valence-electron chi connectivity index (χ0n) is 14.2. The lowest BCUT2D eigenvalue weighted by Gasteiger charge is -2.35. The molecule has 0 spiro atoms. The minimum absolute atomic E-state index is 0.212. The summed E-state index contributed by atoms with van der Waals surface area (Å²) in [5.41, 5.74) is 1.77. The summed E-state index contributed by atoms with van der Waals surface area (Å²) in [6.45, 7) is 4.90. The molecule has 1 fully saturated rings. The molecule has 25 heavy (non-hydrogen) atoms. The fourth-order valence-electron chi connectivity index (χ4n) is 3.23. The van der Waals surface area contributed by atoms with Crippen LogP contribution in [-0.4, -0.2) is 56.7 Å². The standard InChI is InChI=1S/C18H20N6O/c1-2-16(25)22-8-10-23(11-9-22)17-15-12-21-24(18(15)20-13-19-17)14-6-4-3-5-7-14/h3-7,12-13H,2,8-11H2,1H3. The maximum atomic E-state index is 11.9. The Bertz CT molecular complexity index is 883. The van der Waals surface area contributed by atoms with E-state index < -0.39 is 0 Å². The Balaban J connectivity index is 1.64. The lowest BCUT2D eigenvalue weighted by atomic mass is 10.2. The van der Waals surface area contributed by atoms with Crippen molar-refractivity contribution in [2.45, 2.75) is 13.3 Å². The molecular weight excluding hydrogens is 316 g/mol. The van der Waals surface area contributed by atoms with Crippen LogP contribution in [0.15, 0.2) is 42.9 Å². The van der Waals surface area contributed by atoms with Gasteiger partial charge >= 0.3 is 0 Å². The molecule has 4 rings (SSSR count). The zero-order chi connectivity index (χ0) is 17.2. The van der Waals surface area contributed by atoms with E-state index in [1.165, 1.54) is 0 Å². The molecule has 0 aliphatic carbocycles. The van der Waals surface area contributed by atoms with E-state index in [2.05, 4.69) is 20.0 Å². The van der Waals surface area contributed by atoms with Crippen LogP contribution in [0.4, 0.5) is 5.82 Å². The molecule has 7 heteroatoms. The fraction of sp³-hybridized carbons (Fsp3) is 0.333. The van der Waals surface area contributed by atoms with Crippen molar-refractivity contribution in [2.75, 3.05) is 31.1 Å². The Morgan fingerprint density at radius 3 is 2.56 bits per heavy atom. The van der Waals surface area contributed by atoms with Gasteiger partial charge in [0.25, 0.3) is 0 Å². The highest BCUT2D eigenvalue weighted by Crippen LogP contribution is 2.25. The number of carbonyl (C=O) groups excluding carboxylic acids is 1. The Kier molecular flexibility index (Phi) is 4.05. The molecule has 1 aliphatic heterocycles. The number of rotatable bonds is 3. The monoisotopic (exact) mass is 336 g/mol. The van der Waals surface area contributed by atoms with Crippen molar-refractivity contribution in [1.29, 1.82) is 0 Å². The summed E-state index contributed by atoms with van der Waals surface area (Å²) >= 11 is 0. The molecule has 1 aliphatic rings. The van der Waals surface area contributed by atoms with Crippen molar-refractivity contribution in [1.82, 2.24) is 24.6 Å². The van der Waals surface area contributed by atoms with Gasteiger partial charge in [-0.1, -0.05) is 25.1 Å². The van der Waals surface area contributed by atoms with Crippen LogP contribution in [0.1, 0.15) is 13.3 Å². The van der Waals surface area contributed by atoms with Crippen molar-refractivity contribution in [2.24, 2.45) is 0 Å². The maximum absolute atomic E-state index is 11.9. The Morgan fingerprint density at radius 1 is 1.08 bits per heavy atom. The summed E-state index contributed by atoms with van der Waals surface area (Å²) in [5, 5.41) is 5.43. The van der Waals surface area contributed by atoms with Gasteiger partial charge < -0.3 is 9.80 Å². The van der Waals surface area contributed by atoms with Gasteiger partial charge in [-0.2, -0.15) is 5.10 Å². The molecule has 7 nitrogen and oxygen atoms in total. The zero-order valence-corrected chi connectivity index (χ0v) is 14.2. The number of benzene rings is 1. The molecule has 1 aromatic carbocycles. The lowest BCUT2D eigenvalue weighted by molar-refractivity contribution is -0.131. The van der Waals surface area contributed by atoms with Gasteiger partial charge in [-0.25, -0.2) is 14.6 Å². The van der Waals surface area contributed by atoms with E-state index in [1.54, 1.807) is 6.33 Å². The first kappa shape index (κ1) is 15.6. The summed E-state index contributed by atoms with van der Waals surface area (Å²) < 4.78 is 1.83. The molecule has 0 N–H and O–H groups in total. The smallest absolute Gasteiger partial charge is 0.222 e. The molecular formula is C18H20N6O. The normalized spacial score (nSPS) is 14.9. The highest BCUT2D eigenvalue weighted by atomic mass is 16.2. The van der Waals surface area contributed by atoms with Gasteiger partial charge in [0.05, 0.1) is 17.3 Å². The first-order chi connectivity index (χ1) is 12.3. The lowest BCUT2D eigenvalue weighted by Crippen LogP contribution is -2.48. The minimum Gasteiger partial charge on any atom is -0.352 e. The molecule has 0 saturated carbocycles. The van der Waals surface area contributed by atoms with Gasteiger partial charge in [-0.15, -0.1) is 0 Å². The summed E-state index contributed by atoms with van der Waals surface area (Å²) in [6, 6.07) is 9.95. The van der Waals surface area contributed by atoms with Crippen LogP contribution in [0.25, 0.3) is 16.7 Å². The average Bonchev–Trinajstić information content (AvgIpc) is 3.12. The van der Waals surface area contributed by atoms with Gasteiger partial charge in [0.15, 0.2) is 5.65 Å². The van der Waals surface area contributed by atoms with Crippen molar-refractivity contribution < 1.29 is 4.79 Å². The summed E-state index contributed by atoms with van der Waals surface area (Å²) in [5.74, 6) is 1.10. The largest absolute Gasteiger partial charge is 0.352 e. The van der Waals surface area contributed by atoms with Crippen LogP contribution in [0, 0.1) is 0 Å². The number of nitrogens with zero attached hydrogens (tertiary/aromatic N) is 6. The number of anilines is 1. The van der Waals surface area contributed by atoms with Crippen molar-refractivity contribution in [3.05, 3.63) is 42.9 Å². The van der Waals surface area contributed by atoms with E-state index >= 15 is 0 Å². The molecule has 1 amide bonds. The third-order valence-corrected chi connectivity index (χ3v) is 4.58. The predicted molar refractivity (Wildman–Crippen MR) is 95.7 cm³/mol. The van der Waals surface area contributed by atoms with E-state index in [9.17, 15) is 4.79 Å². The Morgan fingerprint density at radius 2 is 1.84 bits per heavy atom. The summed E-state index contributed by atoms with van der Waals surface area (Å²) in [7, 11) is 0. The van der Waals surface area contributed by atoms with Gasteiger partial charge in [-0.05, 0) is 12.1 Å². The highest BCUT2D eigenvalue weighted by Gasteiger charge is 2.23. The molecule has 3 heterocycles. The number of amides is 1. The SMILES string of the molecule is CCC(=O)N1CCN(c2ncnc3c2cnn3-c2ccccc2)CC1. The number of hydrogen-bond donors (Lipinski definition) is 0. The van der Waals surface area contributed by atoms with Gasteiger partial charge in [-0.3, -0.25) is 4.79 Å². The van der Waals surface area contributed by atoms with E-state index in [0.717, 1.165) is 48.7 Å². The van der Waals surface area contributed by atoms with Crippen LogP contribution in [0.5, 0.6) is 0 Å². The third-order valence-electron chi connectivity index (χ3n) is 4.58. The summed E-state index contributed by atoms with van der Waals surface area (Å²) in [4.78, 5) is 24.9. The average molecular weight is 336 g/mol. The molecule has 0 atom stereocenters. The third kappa shape index (κ3) is 2.82. The maximum Gasteiger partial charge on any atom is 0.222 e. The number of piperazine rings is 1. The molecule has 2 aromatic heterocycles. The first-order valence-corrected chi connectivity index (χ1v) is 8.55. The molecule has 1 saturated heterocycles. The fourth-order valence-corrected chi connectivity index (χ4v) is 3.23. The Hall–Kier alpha value is -2.96.